The number of amides is 1. The molecule has 1 fully saturated rings. The second kappa shape index (κ2) is 9.64. The van der Waals surface area contributed by atoms with E-state index in [1.165, 1.54) is 17.3 Å². The van der Waals surface area contributed by atoms with E-state index in [0.29, 0.717) is 29.9 Å². The van der Waals surface area contributed by atoms with E-state index in [0.717, 1.165) is 30.7 Å². The normalized spacial score (nSPS) is 19.4. The number of sulfonamides is 1. The van der Waals surface area contributed by atoms with E-state index in [-0.39, 0.29) is 22.1 Å². The lowest BCUT2D eigenvalue weighted by Gasteiger charge is -2.34. The van der Waals surface area contributed by atoms with Crippen LogP contribution in [0.2, 0.25) is 0 Å². The number of thioether (sulfide) groups is 1. The molecule has 2 aliphatic heterocycles. The Labute approximate surface area is 216 Å². The van der Waals surface area contributed by atoms with Crippen LogP contribution in [0.25, 0.3) is 11.4 Å². The average molecular weight is 526 g/mol. The zero-order chi connectivity index (χ0) is 25.5. The van der Waals surface area contributed by atoms with Gasteiger partial charge in [0.05, 0.1) is 10.6 Å². The van der Waals surface area contributed by atoms with Gasteiger partial charge >= 0.3 is 0 Å². The molecule has 3 aromatic rings. The van der Waals surface area contributed by atoms with Crippen molar-refractivity contribution in [3.63, 3.8) is 0 Å². The molecule has 0 saturated carbocycles. The monoisotopic (exact) mass is 525 g/mol. The van der Waals surface area contributed by atoms with Gasteiger partial charge in [-0.25, -0.2) is 8.42 Å². The van der Waals surface area contributed by atoms with Gasteiger partial charge in [-0.1, -0.05) is 43.0 Å². The van der Waals surface area contributed by atoms with Crippen LogP contribution >= 0.6 is 11.8 Å². The maximum absolute atomic E-state index is 13.0. The minimum Gasteiger partial charge on any atom is -0.325 e. The smallest absolute Gasteiger partial charge is 0.243 e. The second-order valence-corrected chi connectivity index (χ2v) is 13.1. The van der Waals surface area contributed by atoms with Gasteiger partial charge in [-0.05, 0) is 68.9 Å². The Morgan fingerprint density at radius 1 is 1.14 bits per heavy atom. The molecule has 1 atom stereocenters. The van der Waals surface area contributed by atoms with Crippen molar-refractivity contribution in [3.05, 3.63) is 54.1 Å². The molecule has 1 saturated heterocycles. The lowest BCUT2D eigenvalue weighted by molar-refractivity contribution is -0.113. The minimum atomic E-state index is -3.52. The molecule has 190 valence electrons. The Bertz CT molecular complexity index is 1380. The third-order valence-electron chi connectivity index (χ3n) is 6.85. The van der Waals surface area contributed by atoms with E-state index in [9.17, 15) is 13.2 Å². The summed E-state index contributed by atoms with van der Waals surface area (Å²) in [5.41, 5.74) is 2.68. The predicted octanol–water partition coefficient (Wildman–Crippen LogP) is 4.39. The van der Waals surface area contributed by atoms with Crippen molar-refractivity contribution >= 4 is 33.4 Å². The number of aromatic nitrogens is 3. The molecule has 0 unspecified atom stereocenters. The standard InChI is InChI=1S/C26H31N5O3S2/c1-18-7-6-14-30(16-18)36(33,34)21-12-10-20(11-13-21)27-23(32)17-35-25-29-28-24-22-9-5-4-8-19(22)15-26(2,3)31(24)25/h4-5,8-13,18H,6-7,14-17H2,1-3H3,(H,27,32)/t18-/m0/s1. The van der Waals surface area contributed by atoms with Crippen molar-refractivity contribution in [1.29, 1.82) is 0 Å². The maximum Gasteiger partial charge on any atom is 0.243 e. The zero-order valence-corrected chi connectivity index (χ0v) is 22.4. The molecule has 1 N–H and O–H groups in total. The number of anilines is 1. The number of benzene rings is 2. The highest BCUT2D eigenvalue weighted by molar-refractivity contribution is 7.99. The molecule has 3 heterocycles. The number of rotatable bonds is 6. The highest BCUT2D eigenvalue weighted by atomic mass is 32.2. The number of fused-ring (bicyclic) bond motifs is 3. The maximum atomic E-state index is 13.0. The highest BCUT2D eigenvalue weighted by Crippen LogP contribution is 2.39. The number of piperidine rings is 1. The van der Waals surface area contributed by atoms with Gasteiger partial charge < -0.3 is 5.32 Å². The van der Waals surface area contributed by atoms with E-state index in [4.69, 9.17) is 0 Å². The first kappa shape index (κ1) is 25.0. The van der Waals surface area contributed by atoms with E-state index in [1.54, 1.807) is 28.6 Å². The molecule has 1 aromatic heterocycles. The van der Waals surface area contributed by atoms with Gasteiger partial charge in [0.2, 0.25) is 15.9 Å². The third kappa shape index (κ3) is 4.81. The summed E-state index contributed by atoms with van der Waals surface area (Å²) in [5.74, 6) is 1.17. The van der Waals surface area contributed by atoms with Crippen LogP contribution in [0.1, 0.15) is 39.2 Å². The largest absolute Gasteiger partial charge is 0.325 e. The Morgan fingerprint density at radius 2 is 1.89 bits per heavy atom. The van der Waals surface area contributed by atoms with Crippen LogP contribution in [0, 0.1) is 5.92 Å². The van der Waals surface area contributed by atoms with Crippen LogP contribution in [0.15, 0.2) is 58.6 Å². The molecule has 2 aromatic carbocycles. The number of carbonyl (C=O) groups excluding carboxylic acids is 1. The molecule has 0 radical (unpaired) electrons. The Balaban J connectivity index is 1.24. The first-order chi connectivity index (χ1) is 17.1. The first-order valence-electron chi connectivity index (χ1n) is 12.2. The Kier molecular flexibility index (Phi) is 6.69. The summed E-state index contributed by atoms with van der Waals surface area (Å²) in [6, 6.07) is 14.6. The molecule has 1 amide bonds. The van der Waals surface area contributed by atoms with E-state index in [1.807, 2.05) is 12.1 Å². The molecule has 0 aliphatic carbocycles. The van der Waals surface area contributed by atoms with Crippen LogP contribution < -0.4 is 5.32 Å². The molecule has 8 nitrogen and oxygen atoms in total. The summed E-state index contributed by atoms with van der Waals surface area (Å²) >= 11 is 1.35. The van der Waals surface area contributed by atoms with Gasteiger partial charge in [-0.3, -0.25) is 9.36 Å². The first-order valence-corrected chi connectivity index (χ1v) is 14.6. The third-order valence-corrected chi connectivity index (χ3v) is 9.66. The molecule has 36 heavy (non-hydrogen) atoms. The fourth-order valence-electron chi connectivity index (χ4n) is 5.07. The summed E-state index contributed by atoms with van der Waals surface area (Å²) in [4.78, 5) is 12.9. The van der Waals surface area contributed by atoms with Gasteiger partial charge in [0.15, 0.2) is 11.0 Å². The summed E-state index contributed by atoms with van der Waals surface area (Å²) < 4.78 is 29.6. The molecule has 0 spiro atoms. The molecule has 5 rings (SSSR count). The van der Waals surface area contributed by atoms with Crippen molar-refractivity contribution in [2.45, 2.75) is 55.6 Å². The van der Waals surface area contributed by atoms with Crippen molar-refractivity contribution in [2.75, 3.05) is 24.2 Å². The lowest BCUT2D eigenvalue weighted by Crippen LogP contribution is -2.39. The summed E-state index contributed by atoms with van der Waals surface area (Å²) in [6.45, 7) is 7.48. The highest BCUT2D eigenvalue weighted by Gasteiger charge is 2.34. The van der Waals surface area contributed by atoms with Crippen molar-refractivity contribution in [2.24, 2.45) is 5.92 Å². The molecule has 10 heteroatoms. The number of nitrogens with zero attached hydrogens (tertiary/aromatic N) is 4. The molecule has 2 aliphatic rings. The minimum absolute atomic E-state index is 0.168. The second-order valence-electron chi connectivity index (χ2n) is 10.3. The van der Waals surface area contributed by atoms with Gasteiger partial charge in [0, 0.05) is 29.9 Å². The Morgan fingerprint density at radius 3 is 2.64 bits per heavy atom. The molecule has 0 bridgehead atoms. The van der Waals surface area contributed by atoms with Crippen LogP contribution in [-0.4, -0.2) is 52.2 Å². The van der Waals surface area contributed by atoms with Crippen LogP contribution in [0.5, 0.6) is 0 Å². The molecular formula is C26H31N5O3S2. The topological polar surface area (TPSA) is 97.2 Å². The number of nitrogens with one attached hydrogen (secondary N) is 1. The van der Waals surface area contributed by atoms with Gasteiger partial charge in [-0.2, -0.15) is 4.31 Å². The summed E-state index contributed by atoms with van der Waals surface area (Å²) in [6.07, 6.45) is 2.79. The SMILES string of the molecule is C[C@H]1CCCN(S(=O)(=O)c2ccc(NC(=O)CSc3nnc4n3C(C)(C)Cc3ccccc3-4)cc2)C1. The van der Waals surface area contributed by atoms with Gasteiger partial charge in [-0.15, -0.1) is 10.2 Å². The number of hydrogen-bond acceptors (Lipinski definition) is 6. The number of carbonyl (C=O) groups is 1. The van der Waals surface area contributed by atoms with Crippen LogP contribution in [0.3, 0.4) is 0 Å². The fraction of sp³-hybridized carbons (Fsp3) is 0.423. The van der Waals surface area contributed by atoms with Crippen LogP contribution in [-0.2, 0) is 26.8 Å². The quantitative estimate of drug-likeness (QED) is 0.480. The van der Waals surface area contributed by atoms with Crippen LogP contribution in [0.4, 0.5) is 5.69 Å². The average Bonchev–Trinajstić information content (AvgIpc) is 3.29. The van der Waals surface area contributed by atoms with Crippen molar-refractivity contribution < 1.29 is 13.2 Å². The summed E-state index contributed by atoms with van der Waals surface area (Å²) in [7, 11) is -3.52. The van der Waals surface area contributed by atoms with E-state index < -0.39 is 10.0 Å². The lowest BCUT2D eigenvalue weighted by atomic mass is 9.87. The van der Waals surface area contributed by atoms with Crippen molar-refractivity contribution in [1.82, 2.24) is 19.1 Å². The molecular weight excluding hydrogens is 494 g/mol. The number of hydrogen-bond donors (Lipinski definition) is 1. The predicted molar refractivity (Wildman–Crippen MR) is 141 cm³/mol. The fourth-order valence-corrected chi connectivity index (χ4v) is 7.56. The van der Waals surface area contributed by atoms with Crippen molar-refractivity contribution in [3.8, 4) is 11.4 Å². The summed E-state index contributed by atoms with van der Waals surface area (Å²) in [5, 5.41) is 12.4. The van der Waals surface area contributed by atoms with E-state index >= 15 is 0 Å². The zero-order valence-electron chi connectivity index (χ0n) is 20.8. The van der Waals surface area contributed by atoms with E-state index in [2.05, 4.69) is 53.0 Å². The Hall–Kier alpha value is -2.69. The van der Waals surface area contributed by atoms with Gasteiger partial charge in [0.1, 0.15) is 0 Å². The van der Waals surface area contributed by atoms with Gasteiger partial charge in [0.25, 0.3) is 0 Å².